The minimum Gasteiger partial charge on any atom is -0.321 e. The molecule has 0 saturated heterocycles. The molecule has 4 aromatic rings. The third-order valence-corrected chi connectivity index (χ3v) is 5.99. The number of para-hydroxylation sites is 1. The molecule has 4 aromatic carbocycles. The lowest BCUT2D eigenvalue weighted by molar-refractivity contribution is -0.385. The minimum absolute atomic E-state index is 0.146. The summed E-state index contributed by atoms with van der Waals surface area (Å²) in [5.41, 5.74) is 2.83. The van der Waals surface area contributed by atoms with Crippen LogP contribution < -0.4 is 10.6 Å². The number of nitro benzene ring substituents is 1. The zero-order valence-electron chi connectivity index (χ0n) is 21.5. The van der Waals surface area contributed by atoms with Gasteiger partial charge in [0.2, 0.25) is 0 Å². The average Bonchev–Trinajstić information content (AvgIpc) is 2.97. The molecule has 8 nitrogen and oxygen atoms in total. The molecule has 8 heteroatoms. The molecule has 4 rings (SSSR count). The Labute approximate surface area is 230 Å². The van der Waals surface area contributed by atoms with E-state index < -0.39 is 16.7 Å². The van der Waals surface area contributed by atoms with Crippen molar-refractivity contribution in [1.29, 1.82) is 0 Å². The van der Waals surface area contributed by atoms with Crippen LogP contribution in [0.1, 0.15) is 37.4 Å². The maximum absolute atomic E-state index is 13.2. The third-order valence-electron chi connectivity index (χ3n) is 5.99. The summed E-state index contributed by atoms with van der Waals surface area (Å²) < 4.78 is 0. The highest BCUT2D eigenvalue weighted by Crippen LogP contribution is 2.21. The van der Waals surface area contributed by atoms with E-state index in [-0.39, 0.29) is 22.7 Å². The van der Waals surface area contributed by atoms with Gasteiger partial charge in [-0.05, 0) is 72.7 Å². The van der Waals surface area contributed by atoms with Crippen LogP contribution in [0.4, 0.5) is 11.4 Å². The number of benzene rings is 4. The number of aryl methyl sites for hydroxylation is 1. The van der Waals surface area contributed by atoms with E-state index in [4.69, 9.17) is 0 Å². The van der Waals surface area contributed by atoms with E-state index in [0.717, 1.165) is 11.1 Å². The number of nitrogens with zero attached hydrogens (tertiary/aromatic N) is 1. The SMILES string of the molecule is Cc1ccccc1/C=C/C(=O)c1ccc(NC(=O)/C(=C/c2ccccc2[N+](=O)[O-])NC(=O)c2ccccc2)cc1. The second kappa shape index (κ2) is 12.7. The van der Waals surface area contributed by atoms with Crippen LogP contribution in [0, 0.1) is 17.0 Å². The fraction of sp³-hybridized carbons (Fsp3) is 0.0312. The molecule has 0 radical (unpaired) electrons. The van der Waals surface area contributed by atoms with Crippen molar-refractivity contribution < 1.29 is 19.3 Å². The first-order valence-electron chi connectivity index (χ1n) is 12.3. The number of ketones is 1. The zero-order valence-corrected chi connectivity index (χ0v) is 21.5. The summed E-state index contributed by atoms with van der Waals surface area (Å²) in [6.45, 7) is 1.96. The smallest absolute Gasteiger partial charge is 0.276 e. The number of rotatable bonds is 9. The van der Waals surface area contributed by atoms with Crippen molar-refractivity contribution in [1.82, 2.24) is 5.32 Å². The van der Waals surface area contributed by atoms with Crippen LogP contribution >= 0.6 is 0 Å². The molecular weight excluding hydrogens is 506 g/mol. The first-order valence-corrected chi connectivity index (χ1v) is 12.3. The van der Waals surface area contributed by atoms with E-state index in [1.54, 1.807) is 66.7 Å². The molecule has 198 valence electrons. The molecule has 0 aromatic heterocycles. The van der Waals surface area contributed by atoms with Crippen molar-refractivity contribution >= 4 is 41.1 Å². The van der Waals surface area contributed by atoms with Crippen molar-refractivity contribution in [3.8, 4) is 0 Å². The van der Waals surface area contributed by atoms with Crippen LogP contribution in [-0.4, -0.2) is 22.5 Å². The molecule has 0 saturated carbocycles. The van der Waals surface area contributed by atoms with Gasteiger partial charge in [0.15, 0.2) is 5.78 Å². The highest BCUT2D eigenvalue weighted by atomic mass is 16.6. The maximum Gasteiger partial charge on any atom is 0.276 e. The van der Waals surface area contributed by atoms with Crippen LogP contribution in [0.25, 0.3) is 12.2 Å². The van der Waals surface area contributed by atoms with Gasteiger partial charge < -0.3 is 10.6 Å². The van der Waals surface area contributed by atoms with E-state index in [1.165, 1.54) is 30.4 Å². The molecule has 0 heterocycles. The molecule has 2 N–H and O–H groups in total. The van der Waals surface area contributed by atoms with Gasteiger partial charge in [0.05, 0.1) is 10.5 Å². The van der Waals surface area contributed by atoms with E-state index in [0.29, 0.717) is 16.8 Å². The molecule has 0 unspecified atom stereocenters. The van der Waals surface area contributed by atoms with Crippen molar-refractivity contribution in [3.63, 3.8) is 0 Å². The molecule has 0 spiro atoms. The van der Waals surface area contributed by atoms with Crippen LogP contribution in [0.3, 0.4) is 0 Å². The van der Waals surface area contributed by atoms with Gasteiger partial charge >= 0.3 is 0 Å². The van der Waals surface area contributed by atoms with E-state index in [2.05, 4.69) is 10.6 Å². The Morgan fingerprint density at radius 2 is 1.38 bits per heavy atom. The van der Waals surface area contributed by atoms with E-state index in [9.17, 15) is 24.5 Å². The van der Waals surface area contributed by atoms with Crippen molar-refractivity contribution in [2.75, 3.05) is 5.32 Å². The summed E-state index contributed by atoms with van der Waals surface area (Å²) in [4.78, 5) is 49.6. The Balaban J connectivity index is 1.55. The van der Waals surface area contributed by atoms with Gasteiger partial charge in [0.25, 0.3) is 17.5 Å². The quantitative estimate of drug-likeness (QED) is 0.115. The Morgan fingerprint density at radius 3 is 2.05 bits per heavy atom. The van der Waals surface area contributed by atoms with Gasteiger partial charge in [-0.25, -0.2) is 0 Å². The first kappa shape index (κ1) is 27.4. The predicted octanol–water partition coefficient (Wildman–Crippen LogP) is 6.21. The van der Waals surface area contributed by atoms with Crippen LogP contribution in [0.15, 0.2) is 115 Å². The lowest BCUT2D eigenvalue weighted by Gasteiger charge is -2.12. The number of nitrogens with one attached hydrogen (secondary N) is 2. The monoisotopic (exact) mass is 531 g/mol. The Hall–Kier alpha value is -5.63. The lowest BCUT2D eigenvalue weighted by Crippen LogP contribution is -2.30. The highest BCUT2D eigenvalue weighted by Gasteiger charge is 2.18. The maximum atomic E-state index is 13.2. The normalized spacial score (nSPS) is 11.2. The number of allylic oxidation sites excluding steroid dienone is 1. The van der Waals surface area contributed by atoms with E-state index in [1.807, 2.05) is 31.2 Å². The fourth-order valence-electron chi connectivity index (χ4n) is 3.83. The molecule has 0 fully saturated rings. The summed E-state index contributed by atoms with van der Waals surface area (Å²) in [6.07, 6.45) is 4.49. The second-order valence-electron chi connectivity index (χ2n) is 8.78. The molecule has 0 aliphatic rings. The number of anilines is 1. The molecule has 0 bridgehead atoms. The summed E-state index contributed by atoms with van der Waals surface area (Å²) in [5, 5.41) is 16.7. The van der Waals surface area contributed by atoms with Crippen molar-refractivity contribution in [3.05, 3.63) is 153 Å². The largest absolute Gasteiger partial charge is 0.321 e. The van der Waals surface area contributed by atoms with E-state index >= 15 is 0 Å². The molecule has 0 atom stereocenters. The van der Waals surface area contributed by atoms with Crippen LogP contribution in [-0.2, 0) is 4.79 Å². The van der Waals surface area contributed by atoms with Gasteiger partial charge in [-0.2, -0.15) is 0 Å². The third kappa shape index (κ3) is 7.02. The van der Waals surface area contributed by atoms with Crippen molar-refractivity contribution in [2.24, 2.45) is 0 Å². The van der Waals surface area contributed by atoms with Gasteiger partial charge in [0.1, 0.15) is 5.70 Å². The number of carbonyl (C=O) groups excluding carboxylic acids is 3. The first-order chi connectivity index (χ1) is 19.3. The predicted molar refractivity (Wildman–Crippen MR) is 155 cm³/mol. The summed E-state index contributed by atoms with van der Waals surface area (Å²) in [6, 6.07) is 28.2. The standard InChI is InChI=1S/C32H25N3O5/c1-22-9-5-6-10-23(22)17-20-30(36)24-15-18-27(19-16-24)33-32(38)28(34-31(37)25-11-3-2-4-12-25)21-26-13-7-8-14-29(26)35(39)40/h2-21H,1H3,(H,33,38)(H,34,37)/b20-17+,28-21-. The molecule has 0 aliphatic carbocycles. The Bertz CT molecular complexity index is 1620. The van der Waals surface area contributed by atoms with Gasteiger partial charge in [0, 0.05) is 22.9 Å². The van der Waals surface area contributed by atoms with Gasteiger partial charge in [-0.1, -0.05) is 60.7 Å². The van der Waals surface area contributed by atoms with Crippen LogP contribution in [0.5, 0.6) is 0 Å². The van der Waals surface area contributed by atoms with Gasteiger partial charge in [-0.3, -0.25) is 24.5 Å². The van der Waals surface area contributed by atoms with Crippen LogP contribution in [0.2, 0.25) is 0 Å². The topological polar surface area (TPSA) is 118 Å². The molecule has 40 heavy (non-hydrogen) atoms. The Morgan fingerprint density at radius 1 is 0.750 bits per heavy atom. The number of carbonyl (C=O) groups is 3. The molecule has 0 aliphatic heterocycles. The number of nitro groups is 1. The molecular formula is C32H25N3O5. The lowest BCUT2D eigenvalue weighted by atomic mass is 10.1. The summed E-state index contributed by atoms with van der Waals surface area (Å²) >= 11 is 0. The number of hydrogen-bond acceptors (Lipinski definition) is 5. The summed E-state index contributed by atoms with van der Waals surface area (Å²) in [7, 11) is 0. The minimum atomic E-state index is -0.694. The van der Waals surface area contributed by atoms with Crippen molar-refractivity contribution in [2.45, 2.75) is 6.92 Å². The highest BCUT2D eigenvalue weighted by molar-refractivity contribution is 6.11. The summed E-state index contributed by atoms with van der Waals surface area (Å²) in [5.74, 6) is -1.45. The average molecular weight is 532 g/mol. The fourth-order valence-corrected chi connectivity index (χ4v) is 3.83. The number of amides is 2. The second-order valence-corrected chi connectivity index (χ2v) is 8.78. The number of hydrogen-bond donors (Lipinski definition) is 2. The van der Waals surface area contributed by atoms with Gasteiger partial charge in [-0.15, -0.1) is 0 Å². The Kier molecular flexibility index (Phi) is 8.73. The zero-order chi connectivity index (χ0) is 28.5. The molecule has 2 amide bonds.